The van der Waals surface area contributed by atoms with Gasteiger partial charge in [-0.2, -0.15) is 5.26 Å². The Hall–Kier alpha value is -2.26. The molecule has 0 unspecified atom stereocenters. The number of fused-ring (bicyclic) bond motifs is 1. The average molecular weight is 373 g/mol. The summed E-state index contributed by atoms with van der Waals surface area (Å²) in [6.07, 6.45) is 0. The van der Waals surface area contributed by atoms with Gasteiger partial charge in [-0.05, 0) is 11.6 Å². The Labute approximate surface area is 143 Å². The molecule has 5 nitrogen and oxygen atoms in total. The van der Waals surface area contributed by atoms with Crippen molar-refractivity contribution >= 4 is 15.9 Å². The Morgan fingerprint density at radius 1 is 1.35 bits per heavy atom. The first-order valence-corrected chi connectivity index (χ1v) is 8.04. The highest BCUT2D eigenvalue weighted by Gasteiger charge is 2.38. The summed E-state index contributed by atoms with van der Waals surface area (Å²) in [4.78, 5) is 0. The number of aromatic amines is 1. The number of allylic oxidation sites excluding steroid dienone is 1. The van der Waals surface area contributed by atoms with E-state index in [0.29, 0.717) is 11.5 Å². The van der Waals surface area contributed by atoms with Gasteiger partial charge in [0.2, 0.25) is 11.8 Å². The van der Waals surface area contributed by atoms with Crippen LogP contribution in [0.1, 0.15) is 43.5 Å². The van der Waals surface area contributed by atoms with E-state index in [9.17, 15) is 5.26 Å². The minimum atomic E-state index is -0.313. The van der Waals surface area contributed by atoms with Gasteiger partial charge in [0.15, 0.2) is 0 Å². The molecule has 0 bridgehead atoms. The van der Waals surface area contributed by atoms with E-state index in [4.69, 9.17) is 10.5 Å². The van der Waals surface area contributed by atoms with E-state index in [1.54, 1.807) is 0 Å². The molecule has 0 saturated carbocycles. The number of nitriles is 1. The van der Waals surface area contributed by atoms with Crippen LogP contribution < -0.4 is 10.5 Å². The number of rotatable bonds is 1. The van der Waals surface area contributed by atoms with Crippen molar-refractivity contribution < 1.29 is 4.74 Å². The molecule has 6 heteroatoms. The van der Waals surface area contributed by atoms with Gasteiger partial charge in [0, 0.05) is 15.6 Å². The van der Waals surface area contributed by atoms with Crippen LogP contribution in [-0.2, 0) is 5.41 Å². The Kier molecular flexibility index (Phi) is 3.69. The predicted octanol–water partition coefficient (Wildman–Crippen LogP) is 3.69. The lowest BCUT2D eigenvalue weighted by molar-refractivity contribution is 0.378. The van der Waals surface area contributed by atoms with Crippen LogP contribution in [0.15, 0.2) is 40.2 Å². The van der Waals surface area contributed by atoms with Gasteiger partial charge in [0.1, 0.15) is 11.6 Å². The zero-order valence-corrected chi connectivity index (χ0v) is 14.7. The number of aromatic nitrogens is 2. The molecule has 3 rings (SSSR count). The summed E-state index contributed by atoms with van der Waals surface area (Å²) in [5.74, 6) is 0.229. The molecule has 118 valence electrons. The maximum absolute atomic E-state index is 9.63. The highest BCUT2D eigenvalue weighted by atomic mass is 79.9. The van der Waals surface area contributed by atoms with Crippen molar-refractivity contribution in [2.24, 2.45) is 5.73 Å². The second-order valence-electron chi connectivity index (χ2n) is 6.51. The first-order valence-electron chi connectivity index (χ1n) is 7.25. The van der Waals surface area contributed by atoms with Gasteiger partial charge in [-0.15, -0.1) is 5.10 Å². The summed E-state index contributed by atoms with van der Waals surface area (Å²) < 4.78 is 6.50. The van der Waals surface area contributed by atoms with Crippen LogP contribution in [0, 0.1) is 11.3 Å². The summed E-state index contributed by atoms with van der Waals surface area (Å²) in [7, 11) is 0. The maximum atomic E-state index is 9.63. The van der Waals surface area contributed by atoms with Crippen LogP contribution >= 0.6 is 15.9 Å². The fraction of sp³-hybridized carbons (Fsp3) is 0.294. The highest BCUT2D eigenvalue weighted by molar-refractivity contribution is 9.10. The molecule has 23 heavy (non-hydrogen) atoms. The topological polar surface area (TPSA) is 87.7 Å². The standard InChI is InChI=1S/C17H17BrN4O/c1-17(2,3)14-13-12(9-6-4-5-7-11(9)18)10(8-19)15(20)23-16(13)22-21-14/h4-7,12H,20H2,1-3H3,(H,21,22)/t12-/m0/s1. The molecule has 0 aliphatic carbocycles. The largest absolute Gasteiger partial charge is 0.420 e. The summed E-state index contributed by atoms with van der Waals surface area (Å²) >= 11 is 3.58. The molecule has 1 aromatic carbocycles. The normalized spacial score (nSPS) is 17.4. The summed E-state index contributed by atoms with van der Waals surface area (Å²) in [6.45, 7) is 6.27. The summed E-state index contributed by atoms with van der Waals surface area (Å²) in [5, 5.41) is 16.9. The van der Waals surface area contributed by atoms with E-state index in [2.05, 4.69) is 53.0 Å². The van der Waals surface area contributed by atoms with Crippen LogP contribution in [0.3, 0.4) is 0 Å². The molecule has 0 fully saturated rings. The van der Waals surface area contributed by atoms with Crippen molar-refractivity contribution in [1.29, 1.82) is 5.26 Å². The number of H-pyrrole nitrogens is 1. The number of benzene rings is 1. The van der Waals surface area contributed by atoms with Gasteiger partial charge in [-0.25, -0.2) is 0 Å². The molecule has 0 spiro atoms. The molecule has 1 aromatic heterocycles. The lowest BCUT2D eigenvalue weighted by atomic mass is 9.79. The predicted molar refractivity (Wildman–Crippen MR) is 90.7 cm³/mol. The summed E-state index contributed by atoms with van der Waals surface area (Å²) in [6, 6.07) is 10.0. The zero-order chi connectivity index (χ0) is 16.8. The molecule has 1 aliphatic heterocycles. The van der Waals surface area contributed by atoms with Crippen molar-refractivity contribution in [2.45, 2.75) is 32.1 Å². The minimum Gasteiger partial charge on any atom is -0.420 e. The first kappa shape index (κ1) is 15.6. The van der Waals surface area contributed by atoms with Gasteiger partial charge in [-0.1, -0.05) is 54.9 Å². The first-order chi connectivity index (χ1) is 10.8. The van der Waals surface area contributed by atoms with E-state index in [1.165, 1.54) is 0 Å². The Morgan fingerprint density at radius 2 is 2.04 bits per heavy atom. The lowest BCUT2D eigenvalue weighted by Crippen LogP contribution is -2.24. The lowest BCUT2D eigenvalue weighted by Gasteiger charge is -2.27. The number of ether oxygens (including phenoxy) is 1. The van der Waals surface area contributed by atoms with Gasteiger partial charge in [0.25, 0.3) is 0 Å². The second-order valence-corrected chi connectivity index (χ2v) is 7.37. The van der Waals surface area contributed by atoms with Crippen molar-refractivity contribution in [1.82, 2.24) is 10.2 Å². The maximum Gasteiger partial charge on any atom is 0.244 e. The number of nitrogens with one attached hydrogen (secondary N) is 1. The van der Waals surface area contributed by atoms with Gasteiger partial charge in [-0.3, -0.25) is 5.10 Å². The molecule has 1 atom stereocenters. The quantitative estimate of drug-likeness (QED) is 0.798. The molecular formula is C17H17BrN4O. The molecular weight excluding hydrogens is 356 g/mol. The van der Waals surface area contributed by atoms with Crippen LogP contribution in [0.4, 0.5) is 0 Å². The van der Waals surface area contributed by atoms with Crippen LogP contribution in [0.2, 0.25) is 0 Å². The zero-order valence-electron chi connectivity index (χ0n) is 13.1. The second kappa shape index (κ2) is 5.43. The Morgan fingerprint density at radius 3 is 2.65 bits per heavy atom. The SMILES string of the molecule is CC(C)(C)c1[nH]nc2c1[C@@H](c1ccccc1Br)C(C#N)=C(N)O2. The van der Waals surface area contributed by atoms with Crippen LogP contribution in [-0.4, -0.2) is 10.2 Å². The van der Waals surface area contributed by atoms with Crippen LogP contribution in [0.5, 0.6) is 5.88 Å². The number of hydrogen-bond acceptors (Lipinski definition) is 4. The fourth-order valence-electron chi connectivity index (χ4n) is 2.84. The fourth-order valence-corrected chi connectivity index (χ4v) is 3.35. The van der Waals surface area contributed by atoms with E-state index in [1.807, 2.05) is 24.3 Å². The van der Waals surface area contributed by atoms with E-state index in [-0.39, 0.29) is 17.2 Å². The molecule has 0 saturated heterocycles. The van der Waals surface area contributed by atoms with Gasteiger partial charge in [0.05, 0.1) is 11.5 Å². The minimum absolute atomic E-state index is 0.104. The summed E-state index contributed by atoms with van der Waals surface area (Å²) in [5.41, 5.74) is 8.97. The third-order valence-corrected chi connectivity index (χ3v) is 4.63. The van der Waals surface area contributed by atoms with Crippen molar-refractivity contribution in [3.8, 4) is 11.9 Å². The molecule has 1 aliphatic rings. The molecule has 0 amide bonds. The molecule has 2 heterocycles. The third-order valence-electron chi connectivity index (χ3n) is 3.91. The van der Waals surface area contributed by atoms with E-state index >= 15 is 0 Å². The molecule has 3 N–H and O–H groups in total. The molecule has 2 aromatic rings. The number of halogens is 1. The highest BCUT2D eigenvalue weighted by Crippen LogP contribution is 2.46. The average Bonchev–Trinajstić information content (AvgIpc) is 2.90. The van der Waals surface area contributed by atoms with E-state index < -0.39 is 0 Å². The monoisotopic (exact) mass is 372 g/mol. The van der Waals surface area contributed by atoms with Crippen molar-refractivity contribution in [3.05, 3.63) is 57.0 Å². The number of nitrogens with two attached hydrogens (primary N) is 1. The number of hydrogen-bond donors (Lipinski definition) is 2. The van der Waals surface area contributed by atoms with Crippen molar-refractivity contribution in [2.75, 3.05) is 0 Å². The number of nitrogens with zero attached hydrogens (tertiary/aromatic N) is 2. The Bertz CT molecular complexity index is 839. The van der Waals surface area contributed by atoms with Gasteiger partial charge < -0.3 is 10.5 Å². The van der Waals surface area contributed by atoms with E-state index in [0.717, 1.165) is 21.3 Å². The van der Waals surface area contributed by atoms with Crippen LogP contribution in [0.25, 0.3) is 0 Å². The smallest absolute Gasteiger partial charge is 0.244 e. The Balaban J connectivity index is 2.31. The van der Waals surface area contributed by atoms with Crippen molar-refractivity contribution in [3.63, 3.8) is 0 Å². The third kappa shape index (κ3) is 2.51. The molecule has 0 radical (unpaired) electrons. The van der Waals surface area contributed by atoms with Gasteiger partial charge >= 0.3 is 0 Å².